The molecular formula is C19H24ClN5O2. The van der Waals surface area contributed by atoms with Gasteiger partial charge in [0.2, 0.25) is 5.91 Å². The van der Waals surface area contributed by atoms with Crippen LogP contribution in [0.4, 0.5) is 10.6 Å². The Morgan fingerprint density at radius 1 is 1.33 bits per heavy atom. The zero-order chi connectivity index (χ0) is 19.6. The Morgan fingerprint density at radius 2 is 2.04 bits per heavy atom. The Morgan fingerprint density at radius 3 is 2.67 bits per heavy atom. The number of urea groups is 1. The van der Waals surface area contributed by atoms with E-state index in [9.17, 15) is 9.59 Å². The van der Waals surface area contributed by atoms with Gasteiger partial charge in [0.15, 0.2) is 0 Å². The van der Waals surface area contributed by atoms with Crippen LogP contribution in [0.2, 0.25) is 5.02 Å². The molecule has 1 aliphatic heterocycles. The summed E-state index contributed by atoms with van der Waals surface area (Å²) in [7, 11) is 3.53. The molecule has 1 atom stereocenters. The zero-order valence-corrected chi connectivity index (χ0v) is 16.5. The third kappa shape index (κ3) is 4.42. The summed E-state index contributed by atoms with van der Waals surface area (Å²) in [4.78, 5) is 28.9. The summed E-state index contributed by atoms with van der Waals surface area (Å²) in [6, 6.07) is 8.50. The molecule has 1 N–H and O–H groups in total. The van der Waals surface area contributed by atoms with Crippen molar-refractivity contribution >= 4 is 29.4 Å². The Kier molecular flexibility index (Phi) is 5.70. The molecule has 1 aliphatic rings. The number of carbonyl (C=O) groups is 2. The molecule has 0 aliphatic carbocycles. The molecule has 1 aromatic heterocycles. The van der Waals surface area contributed by atoms with Gasteiger partial charge in [0.25, 0.3) is 0 Å². The highest BCUT2D eigenvalue weighted by atomic mass is 35.5. The summed E-state index contributed by atoms with van der Waals surface area (Å²) < 4.78 is 1.62. The molecule has 2 aromatic rings. The van der Waals surface area contributed by atoms with Gasteiger partial charge in [0, 0.05) is 38.3 Å². The van der Waals surface area contributed by atoms with E-state index in [1.807, 2.05) is 19.1 Å². The summed E-state index contributed by atoms with van der Waals surface area (Å²) in [5.74, 6) is 0.559. The van der Waals surface area contributed by atoms with Gasteiger partial charge in [-0.25, -0.2) is 4.79 Å². The van der Waals surface area contributed by atoms with Crippen molar-refractivity contribution in [3.8, 4) is 0 Å². The topological polar surface area (TPSA) is 70.5 Å². The Bertz CT molecular complexity index is 833. The van der Waals surface area contributed by atoms with E-state index in [4.69, 9.17) is 11.6 Å². The third-order valence-corrected chi connectivity index (χ3v) is 5.00. The molecule has 1 fully saturated rings. The second-order valence-corrected chi connectivity index (χ2v) is 7.33. The molecule has 2 heterocycles. The number of nitrogens with zero attached hydrogens (tertiary/aromatic N) is 4. The predicted octanol–water partition coefficient (Wildman–Crippen LogP) is 3.04. The first-order valence-electron chi connectivity index (χ1n) is 8.93. The molecule has 8 heteroatoms. The van der Waals surface area contributed by atoms with Crippen molar-refractivity contribution in [2.45, 2.75) is 32.4 Å². The highest BCUT2D eigenvalue weighted by Gasteiger charge is 2.36. The van der Waals surface area contributed by atoms with Gasteiger partial charge in [-0.05, 0) is 37.5 Å². The van der Waals surface area contributed by atoms with Crippen LogP contribution < -0.4 is 5.32 Å². The number of aryl methyl sites for hydroxylation is 2. The lowest BCUT2D eigenvalue weighted by atomic mass is 10.1. The molecule has 0 spiro atoms. The maximum Gasteiger partial charge on any atom is 0.323 e. The van der Waals surface area contributed by atoms with Crippen molar-refractivity contribution in [2.75, 3.05) is 18.9 Å². The number of aromatic nitrogens is 2. The average Bonchev–Trinajstić information content (AvgIpc) is 3.23. The summed E-state index contributed by atoms with van der Waals surface area (Å²) in [6.45, 7) is 2.90. The van der Waals surface area contributed by atoms with Crippen LogP contribution in [0.1, 0.15) is 24.1 Å². The number of anilines is 1. The SMILES string of the molecule is Cc1cc(NC(=O)N2CCC[C@@H]2C(=O)N(C)Cc2ccc(Cl)cc2)n(C)n1. The van der Waals surface area contributed by atoms with E-state index < -0.39 is 6.04 Å². The Labute approximate surface area is 163 Å². The lowest BCUT2D eigenvalue weighted by Gasteiger charge is -2.28. The Balaban J connectivity index is 1.65. The van der Waals surface area contributed by atoms with Crippen LogP contribution in [0.25, 0.3) is 0 Å². The van der Waals surface area contributed by atoms with Crippen LogP contribution in [-0.4, -0.2) is 51.2 Å². The molecule has 27 heavy (non-hydrogen) atoms. The summed E-state index contributed by atoms with van der Waals surface area (Å²) in [6.07, 6.45) is 1.48. The van der Waals surface area contributed by atoms with E-state index in [0.29, 0.717) is 30.4 Å². The predicted molar refractivity (Wildman–Crippen MR) is 105 cm³/mol. The second kappa shape index (κ2) is 8.00. The van der Waals surface area contributed by atoms with E-state index in [2.05, 4.69) is 10.4 Å². The maximum absolute atomic E-state index is 12.9. The number of hydrogen-bond acceptors (Lipinski definition) is 3. The van der Waals surface area contributed by atoms with Crippen molar-refractivity contribution in [1.82, 2.24) is 19.6 Å². The first-order chi connectivity index (χ1) is 12.8. The largest absolute Gasteiger partial charge is 0.340 e. The summed E-state index contributed by atoms with van der Waals surface area (Å²) in [5.41, 5.74) is 1.82. The van der Waals surface area contributed by atoms with Crippen LogP contribution in [-0.2, 0) is 18.4 Å². The van der Waals surface area contributed by atoms with Gasteiger partial charge in [0.1, 0.15) is 11.9 Å². The van der Waals surface area contributed by atoms with Crippen molar-refractivity contribution < 1.29 is 9.59 Å². The molecule has 0 unspecified atom stereocenters. The normalized spacial score (nSPS) is 16.4. The van der Waals surface area contributed by atoms with E-state index >= 15 is 0 Å². The number of rotatable bonds is 4. The number of carbonyl (C=O) groups excluding carboxylic acids is 2. The van der Waals surface area contributed by atoms with E-state index in [1.54, 1.807) is 46.8 Å². The molecule has 1 aromatic carbocycles. The number of amides is 3. The fourth-order valence-electron chi connectivity index (χ4n) is 3.37. The van der Waals surface area contributed by atoms with Gasteiger partial charge < -0.3 is 9.80 Å². The number of hydrogen-bond donors (Lipinski definition) is 1. The quantitative estimate of drug-likeness (QED) is 0.873. The third-order valence-electron chi connectivity index (χ3n) is 4.74. The monoisotopic (exact) mass is 389 g/mol. The van der Waals surface area contributed by atoms with Crippen LogP contribution in [0.3, 0.4) is 0 Å². The number of likely N-dealkylation sites (N-methyl/N-ethyl adjacent to an activating group) is 1. The molecule has 0 radical (unpaired) electrons. The molecule has 7 nitrogen and oxygen atoms in total. The fraction of sp³-hybridized carbons (Fsp3) is 0.421. The molecule has 3 rings (SSSR count). The van der Waals surface area contributed by atoms with Gasteiger partial charge in [-0.1, -0.05) is 23.7 Å². The number of halogens is 1. The summed E-state index contributed by atoms with van der Waals surface area (Å²) >= 11 is 5.91. The minimum atomic E-state index is -0.448. The standard InChI is InChI=1S/C19H24ClN5O2/c1-13-11-17(24(3)22-13)21-19(27)25-10-4-5-16(25)18(26)23(2)12-14-6-8-15(20)9-7-14/h6-9,11,16H,4-5,10,12H2,1-3H3,(H,21,27)/t16-/m1/s1. The molecular weight excluding hydrogens is 366 g/mol. The highest BCUT2D eigenvalue weighted by molar-refractivity contribution is 6.30. The zero-order valence-electron chi connectivity index (χ0n) is 15.8. The van der Waals surface area contributed by atoms with Crippen molar-refractivity contribution in [2.24, 2.45) is 7.05 Å². The van der Waals surface area contributed by atoms with Gasteiger partial charge in [-0.2, -0.15) is 5.10 Å². The molecule has 144 valence electrons. The maximum atomic E-state index is 12.9. The second-order valence-electron chi connectivity index (χ2n) is 6.90. The van der Waals surface area contributed by atoms with E-state index in [-0.39, 0.29) is 11.9 Å². The first kappa shape index (κ1) is 19.2. The minimum Gasteiger partial charge on any atom is -0.340 e. The van der Waals surface area contributed by atoms with Crippen molar-refractivity contribution in [3.05, 3.63) is 46.6 Å². The first-order valence-corrected chi connectivity index (χ1v) is 9.30. The van der Waals surface area contributed by atoms with E-state index in [1.165, 1.54) is 0 Å². The molecule has 3 amide bonds. The molecule has 1 saturated heterocycles. The molecule has 0 bridgehead atoms. The Hall–Kier alpha value is -2.54. The molecule has 0 saturated carbocycles. The lowest BCUT2D eigenvalue weighted by molar-refractivity contribution is -0.134. The summed E-state index contributed by atoms with van der Waals surface area (Å²) in [5, 5.41) is 7.74. The lowest BCUT2D eigenvalue weighted by Crippen LogP contribution is -2.47. The number of benzene rings is 1. The van der Waals surface area contributed by atoms with Crippen molar-refractivity contribution in [1.29, 1.82) is 0 Å². The van der Waals surface area contributed by atoms with Crippen LogP contribution >= 0.6 is 11.6 Å². The minimum absolute atomic E-state index is 0.0567. The number of nitrogens with one attached hydrogen (secondary N) is 1. The van der Waals surface area contributed by atoms with Crippen molar-refractivity contribution in [3.63, 3.8) is 0 Å². The van der Waals surface area contributed by atoms with Gasteiger partial charge in [-0.15, -0.1) is 0 Å². The van der Waals surface area contributed by atoms with Gasteiger partial charge >= 0.3 is 6.03 Å². The highest BCUT2D eigenvalue weighted by Crippen LogP contribution is 2.22. The smallest absolute Gasteiger partial charge is 0.323 e. The fourth-order valence-corrected chi connectivity index (χ4v) is 3.50. The van der Waals surface area contributed by atoms with Gasteiger partial charge in [0.05, 0.1) is 5.69 Å². The number of likely N-dealkylation sites (tertiary alicyclic amines) is 1. The van der Waals surface area contributed by atoms with Crippen LogP contribution in [0.5, 0.6) is 0 Å². The van der Waals surface area contributed by atoms with Crippen LogP contribution in [0, 0.1) is 6.92 Å². The van der Waals surface area contributed by atoms with Crippen LogP contribution in [0.15, 0.2) is 30.3 Å². The van der Waals surface area contributed by atoms with Gasteiger partial charge in [-0.3, -0.25) is 14.8 Å². The van der Waals surface area contributed by atoms with E-state index in [0.717, 1.165) is 17.7 Å². The average molecular weight is 390 g/mol.